The first kappa shape index (κ1) is 12.7. The predicted molar refractivity (Wildman–Crippen MR) is 71.2 cm³/mol. The standard InChI is InChI=1S/C15H12N2O2/c1-2-10-18-13-6-8-14(9-7-13)19-15-5-3-4-12(11-16)17-15/h2-9H,1,10H2. The minimum absolute atomic E-state index is 0.323. The minimum Gasteiger partial charge on any atom is -0.490 e. The molecule has 0 atom stereocenters. The van der Waals surface area contributed by atoms with Crippen molar-refractivity contribution in [3.8, 4) is 23.4 Å². The molecule has 0 unspecified atom stereocenters. The molecule has 1 aromatic heterocycles. The smallest absolute Gasteiger partial charge is 0.220 e. The number of hydrogen-bond donors (Lipinski definition) is 0. The van der Waals surface area contributed by atoms with E-state index in [2.05, 4.69) is 11.6 Å². The maximum absolute atomic E-state index is 8.75. The van der Waals surface area contributed by atoms with E-state index in [1.54, 1.807) is 48.5 Å². The number of hydrogen-bond acceptors (Lipinski definition) is 4. The number of benzene rings is 1. The van der Waals surface area contributed by atoms with Gasteiger partial charge in [-0.2, -0.15) is 5.26 Å². The van der Waals surface area contributed by atoms with E-state index in [-0.39, 0.29) is 0 Å². The van der Waals surface area contributed by atoms with Gasteiger partial charge in [0.05, 0.1) is 0 Å². The summed E-state index contributed by atoms with van der Waals surface area (Å²) in [4.78, 5) is 4.03. The third-order valence-corrected chi connectivity index (χ3v) is 2.25. The molecule has 0 saturated heterocycles. The largest absolute Gasteiger partial charge is 0.490 e. The molecule has 2 rings (SSSR count). The average molecular weight is 252 g/mol. The van der Waals surface area contributed by atoms with Gasteiger partial charge >= 0.3 is 0 Å². The molecule has 0 N–H and O–H groups in total. The van der Waals surface area contributed by atoms with Crippen LogP contribution in [0.3, 0.4) is 0 Å². The third-order valence-electron chi connectivity index (χ3n) is 2.25. The quantitative estimate of drug-likeness (QED) is 0.766. The van der Waals surface area contributed by atoms with Crippen LogP contribution in [0.25, 0.3) is 0 Å². The summed E-state index contributed by atoms with van der Waals surface area (Å²) in [5.41, 5.74) is 0.323. The summed E-state index contributed by atoms with van der Waals surface area (Å²) in [6.07, 6.45) is 1.68. The Balaban J connectivity index is 2.06. The zero-order valence-corrected chi connectivity index (χ0v) is 10.2. The lowest BCUT2D eigenvalue weighted by molar-refractivity contribution is 0.362. The van der Waals surface area contributed by atoms with E-state index in [9.17, 15) is 0 Å². The Morgan fingerprint density at radius 1 is 1.16 bits per heavy atom. The van der Waals surface area contributed by atoms with Crippen molar-refractivity contribution in [1.29, 1.82) is 5.26 Å². The Bertz CT molecular complexity index is 600. The van der Waals surface area contributed by atoms with E-state index in [1.165, 1.54) is 0 Å². The number of aromatic nitrogens is 1. The molecule has 0 bridgehead atoms. The van der Waals surface area contributed by atoms with Gasteiger partial charge in [0, 0.05) is 6.07 Å². The van der Waals surface area contributed by atoms with Crippen molar-refractivity contribution in [3.05, 3.63) is 60.8 Å². The van der Waals surface area contributed by atoms with Gasteiger partial charge < -0.3 is 9.47 Å². The summed E-state index contributed by atoms with van der Waals surface area (Å²) >= 11 is 0. The lowest BCUT2D eigenvalue weighted by atomic mass is 10.3. The summed E-state index contributed by atoms with van der Waals surface area (Å²) in [5.74, 6) is 1.76. The molecule has 0 radical (unpaired) electrons. The average Bonchev–Trinajstić information content (AvgIpc) is 2.47. The van der Waals surface area contributed by atoms with Crippen LogP contribution in [-0.2, 0) is 0 Å². The summed E-state index contributed by atoms with van der Waals surface area (Å²) in [5, 5.41) is 8.75. The molecule has 4 heteroatoms. The fourth-order valence-electron chi connectivity index (χ4n) is 1.41. The highest BCUT2D eigenvalue weighted by Gasteiger charge is 2.00. The number of pyridine rings is 1. The van der Waals surface area contributed by atoms with Gasteiger partial charge in [-0.1, -0.05) is 18.7 Å². The SMILES string of the molecule is C=CCOc1ccc(Oc2cccc(C#N)n2)cc1. The topological polar surface area (TPSA) is 55.1 Å². The van der Waals surface area contributed by atoms with E-state index < -0.39 is 0 Å². The van der Waals surface area contributed by atoms with E-state index >= 15 is 0 Å². The van der Waals surface area contributed by atoms with Crippen molar-refractivity contribution in [2.45, 2.75) is 0 Å². The maximum atomic E-state index is 8.75. The Morgan fingerprint density at radius 2 is 1.89 bits per heavy atom. The molecule has 2 aromatic rings. The number of rotatable bonds is 5. The minimum atomic E-state index is 0.323. The fourth-order valence-corrected chi connectivity index (χ4v) is 1.41. The van der Waals surface area contributed by atoms with Crippen molar-refractivity contribution in [1.82, 2.24) is 4.98 Å². The van der Waals surface area contributed by atoms with E-state index in [4.69, 9.17) is 14.7 Å². The number of nitrogens with zero attached hydrogens (tertiary/aromatic N) is 2. The lowest BCUT2D eigenvalue weighted by Crippen LogP contribution is -1.93. The summed E-state index contributed by atoms with van der Waals surface area (Å²) in [7, 11) is 0. The first-order valence-corrected chi connectivity index (χ1v) is 5.70. The van der Waals surface area contributed by atoms with Crippen LogP contribution in [0.5, 0.6) is 17.4 Å². The molecule has 0 aliphatic carbocycles. The van der Waals surface area contributed by atoms with Gasteiger partial charge in [-0.05, 0) is 30.3 Å². The second-order valence-electron chi connectivity index (χ2n) is 3.65. The van der Waals surface area contributed by atoms with Crippen molar-refractivity contribution in [3.63, 3.8) is 0 Å². The molecule has 0 aliphatic heterocycles. The second-order valence-corrected chi connectivity index (χ2v) is 3.65. The van der Waals surface area contributed by atoms with Gasteiger partial charge in [-0.3, -0.25) is 0 Å². The maximum Gasteiger partial charge on any atom is 0.220 e. The molecule has 0 aliphatic rings. The van der Waals surface area contributed by atoms with Crippen LogP contribution >= 0.6 is 0 Å². The van der Waals surface area contributed by atoms with Gasteiger partial charge in [0.25, 0.3) is 0 Å². The molecular formula is C15H12N2O2. The van der Waals surface area contributed by atoms with E-state index in [0.29, 0.717) is 23.9 Å². The van der Waals surface area contributed by atoms with Crippen LogP contribution in [-0.4, -0.2) is 11.6 Å². The second kappa shape index (κ2) is 6.22. The molecular weight excluding hydrogens is 240 g/mol. The van der Waals surface area contributed by atoms with Crippen LogP contribution in [0.1, 0.15) is 5.69 Å². The van der Waals surface area contributed by atoms with Gasteiger partial charge in [0.15, 0.2) is 0 Å². The van der Waals surface area contributed by atoms with Gasteiger partial charge in [-0.25, -0.2) is 4.98 Å². The predicted octanol–water partition coefficient (Wildman–Crippen LogP) is 3.31. The Hall–Kier alpha value is -2.80. The van der Waals surface area contributed by atoms with Crippen molar-refractivity contribution >= 4 is 0 Å². The van der Waals surface area contributed by atoms with Crippen LogP contribution in [0.4, 0.5) is 0 Å². The molecule has 0 fully saturated rings. The molecule has 0 spiro atoms. The molecule has 0 amide bonds. The van der Waals surface area contributed by atoms with Crippen molar-refractivity contribution in [2.75, 3.05) is 6.61 Å². The monoisotopic (exact) mass is 252 g/mol. The first-order valence-electron chi connectivity index (χ1n) is 5.70. The summed E-state index contributed by atoms with van der Waals surface area (Å²) in [6, 6.07) is 14.2. The molecule has 94 valence electrons. The molecule has 1 aromatic carbocycles. The first-order chi connectivity index (χ1) is 9.31. The van der Waals surface area contributed by atoms with Gasteiger partial charge in [-0.15, -0.1) is 0 Å². The number of nitriles is 1. The van der Waals surface area contributed by atoms with Crippen molar-refractivity contribution in [2.24, 2.45) is 0 Å². The Kier molecular flexibility index (Phi) is 4.14. The third kappa shape index (κ3) is 3.58. The van der Waals surface area contributed by atoms with Crippen LogP contribution in [0, 0.1) is 11.3 Å². The normalized spacial score (nSPS) is 9.42. The van der Waals surface area contributed by atoms with Crippen LogP contribution < -0.4 is 9.47 Å². The zero-order valence-electron chi connectivity index (χ0n) is 10.2. The fraction of sp³-hybridized carbons (Fsp3) is 0.0667. The van der Waals surface area contributed by atoms with Crippen LogP contribution in [0.2, 0.25) is 0 Å². The zero-order chi connectivity index (χ0) is 13.5. The Labute approximate surface area is 111 Å². The molecule has 4 nitrogen and oxygen atoms in total. The lowest BCUT2D eigenvalue weighted by Gasteiger charge is -2.06. The molecule has 0 saturated carbocycles. The number of ether oxygens (including phenoxy) is 2. The van der Waals surface area contributed by atoms with E-state index in [0.717, 1.165) is 5.75 Å². The van der Waals surface area contributed by atoms with Crippen LogP contribution in [0.15, 0.2) is 55.1 Å². The summed E-state index contributed by atoms with van der Waals surface area (Å²) < 4.78 is 10.9. The highest BCUT2D eigenvalue weighted by Crippen LogP contribution is 2.22. The Morgan fingerprint density at radius 3 is 2.58 bits per heavy atom. The van der Waals surface area contributed by atoms with Gasteiger partial charge in [0.2, 0.25) is 5.88 Å². The highest BCUT2D eigenvalue weighted by molar-refractivity contribution is 5.34. The highest BCUT2D eigenvalue weighted by atomic mass is 16.5. The molecule has 1 heterocycles. The summed E-state index contributed by atoms with van der Waals surface area (Å²) in [6.45, 7) is 4.05. The van der Waals surface area contributed by atoms with E-state index in [1.807, 2.05) is 6.07 Å². The molecule has 19 heavy (non-hydrogen) atoms. The van der Waals surface area contributed by atoms with Gasteiger partial charge in [0.1, 0.15) is 29.9 Å². The van der Waals surface area contributed by atoms with Crippen molar-refractivity contribution < 1.29 is 9.47 Å².